The highest BCUT2D eigenvalue weighted by atomic mass is 19.4. The number of carbonyl (C=O) groups is 4. The quantitative estimate of drug-likeness (QED) is 0.0222. The molecule has 39 nitrogen and oxygen atoms in total. The number of ether oxygens (including phenoxy) is 14. The number of halogens is 6. The number of nitrogens with zero attached hydrogens (tertiary/aromatic N) is 7. The van der Waals surface area contributed by atoms with Crippen molar-refractivity contribution in [3.05, 3.63) is 71.3 Å². The molecule has 4 aromatic rings. The molecule has 125 heavy (non-hydrogen) atoms. The maximum absolute atomic E-state index is 13.1. The predicted octanol–water partition coefficient (Wildman–Crippen LogP) is 1.91. The first-order chi connectivity index (χ1) is 60.6. The molecule has 14 N–H and O–H groups in total. The largest absolute Gasteiger partial charge is 0.433 e. The normalized spacial score (nSPS) is 21.5. The molecule has 2 aliphatic heterocycles. The van der Waals surface area contributed by atoms with E-state index in [4.69, 9.17) is 81.3 Å². The Labute approximate surface area is 721 Å². The molecule has 5 fully saturated rings. The van der Waals surface area contributed by atoms with Crippen LogP contribution >= 0.6 is 0 Å². The van der Waals surface area contributed by atoms with Crippen molar-refractivity contribution in [2.24, 2.45) is 17.8 Å². The van der Waals surface area contributed by atoms with E-state index in [9.17, 15) is 65.9 Å². The minimum Gasteiger partial charge on any atom is -0.388 e. The van der Waals surface area contributed by atoms with Gasteiger partial charge in [-0.1, -0.05) is 37.8 Å². The van der Waals surface area contributed by atoms with E-state index in [1.165, 1.54) is 51.4 Å². The van der Waals surface area contributed by atoms with Gasteiger partial charge in [0.15, 0.2) is 0 Å². The highest BCUT2D eigenvalue weighted by molar-refractivity contribution is 5.94. The average molecular weight is 1790 g/mol. The van der Waals surface area contributed by atoms with Crippen molar-refractivity contribution in [1.82, 2.24) is 61.5 Å². The van der Waals surface area contributed by atoms with Crippen LogP contribution in [0.25, 0.3) is 0 Å². The molecule has 3 aromatic heterocycles. The summed E-state index contributed by atoms with van der Waals surface area (Å²) in [7, 11) is 0. The summed E-state index contributed by atoms with van der Waals surface area (Å²) in [6.45, 7) is 5.90. The third-order valence-corrected chi connectivity index (χ3v) is 21.0. The van der Waals surface area contributed by atoms with Gasteiger partial charge in [-0.3, -0.25) is 19.2 Å². The number of hydrogen-bond donors (Lipinski definition) is 14. The van der Waals surface area contributed by atoms with Crippen molar-refractivity contribution in [2.45, 2.75) is 150 Å². The summed E-state index contributed by atoms with van der Waals surface area (Å²) in [5.41, 5.74) is -0.869. The Balaban J connectivity index is 0.575. The number of alkyl halides is 6. The van der Waals surface area contributed by atoms with Crippen LogP contribution in [0, 0.1) is 17.8 Å². The predicted molar refractivity (Wildman–Crippen MR) is 436 cm³/mol. The lowest BCUT2D eigenvalue weighted by molar-refractivity contribution is -0.161. The maximum Gasteiger partial charge on any atom is 0.433 e. The van der Waals surface area contributed by atoms with E-state index >= 15 is 0 Å². The molecule has 9 rings (SSSR count). The van der Waals surface area contributed by atoms with Gasteiger partial charge in [0.05, 0.1) is 196 Å². The first kappa shape index (κ1) is 101. The first-order valence-corrected chi connectivity index (χ1v) is 42.7. The van der Waals surface area contributed by atoms with E-state index in [-0.39, 0.29) is 253 Å². The van der Waals surface area contributed by atoms with Gasteiger partial charge in [0, 0.05) is 76.1 Å². The molecule has 1 aromatic carbocycles. The zero-order valence-corrected chi connectivity index (χ0v) is 70.3. The van der Waals surface area contributed by atoms with E-state index in [0.29, 0.717) is 60.0 Å². The van der Waals surface area contributed by atoms with Crippen LogP contribution < -0.4 is 53.2 Å². The minimum atomic E-state index is -4.69. The molecule has 2 bridgehead atoms. The molecule has 3 saturated carbocycles. The molecule has 3 unspecified atom stereocenters. The molecule has 0 spiro atoms. The standard InChI is InChI=1S/C80H123F6N17O22/c81-79(82,83)64-12-16-91-74(99-64)97-60-49-124-62(71(109)69(60)107)51-122-40-38-118-36-34-116-32-30-112-24-18-87-66(104)14-22-120-47-58(48-121-23-15-67(105)88-19-25-113-31-33-117-35-37-119-39-41-123-52-63-72(110)70(108)61(50-125-63)98-75-92-17-13-65(100-75)80(84,85)86)93-46-68(106)89-20-26-114-28-29-115-27-21-90-73(111)56-9-6-54(7-10-56)45-95-77-101-76(94-44-53-4-2-1-3-5-53)102-78(103-77)96-59-43-55-8-11-57(59)42-55/h6-7,9-10,12-13,16-17,53,55,57-63,69-72,93,107-110H,1-5,8,11,14-15,18-52H2,(H,87,104)(H,88,105)(H,89,106)(H,90,111)(H,91,97,99)(H,92,98,100)(H3,94,95,96,101,102,103)/t55?,57?,59?,60-,61-,62+,63+,69+,70+,71-,72-/m0/s1. The lowest BCUT2D eigenvalue weighted by Gasteiger charge is -2.37. The van der Waals surface area contributed by atoms with Crippen LogP contribution in [0.5, 0.6) is 0 Å². The lowest BCUT2D eigenvalue weighted by Crippen LogP contribution is -2.57. The fourth-order valence-corrected chi connectivity index (χ4v) is 14.2. The van der Waals surface area contributed by atoms with E-state index < -0.39 is 78.5 Å². The van der Waals surface area contributed by atoms with Gasteiger partial charge < -0.3 is 140 Å². The van der Waals surface area contributed by atoms with Crippen molar-refractivity contribution in [2.75, 3.05) is 238 Å². The summed E-state index contributed by atoms with van der Waals surface area (Å²) in [5.74, 6) is 1.81. The van der Waals surface area contributed by atoms with Crippen LogP contribution in [-0.2, 0) is 99.6 Å². The summed E-state index contributed by atoms with van der Waals surface area (Å²) in [6, 6.07) is 6.67. The first-order valence-electron chi connectivity index (χ1n) is 42.7. The maximum atomic E-state index is 13.1. The van der Waals surface area contributed by atoms with E-state index in [0.717, 1.165) is 36.8 Å². The van der Waals surface area contributed by atoms with Gasteiger partial charge in [0.25, 0.3) is 5.91 Å². The number of fused-ring (bicyclic) bond motifs is 2. The number of nitrogens with one attached hydrogen (secondary N) is 10. The van der Waals surface area contributed by atoms with Crippen molar-refractivity contribution in [1.29, 1.82) is 0 Å². The number of carbonyl (C=O) groups excluding carboxylic acids is 4. The number of aromatic nitrogens is 7. The fourth-order valence-electron chi connectivity index (χ4n) is 14.2. The Bertz CT molecular complexity index is 3590. The minimum absolute atomic E-state index is 0.0270. The molecule has 5 aliphatic rings. The molecule has 45 heteroatoms. The van der Waals surface area contributed by atoms with Gasteiger partial charge in [-0.25, -0.2) is 19.9 Å². The number of amides is 4. The zero-order valence-electron chi connectivity index (χ0n) is 70.3. The molecule has 11 atom stereocenters. The number of anilines is 5. The SMILES string of the molecule is O=C(CCOCC(COCCC(=O)NCCOCCOCCOCCOC[C@H]1OC[C@H](Nc2nccc(C(F)(F)F)n2)[C@@H](O)[C@H]1O)NCC(=O)NCCOCCOCCNC(=O)c1ccc(CNc2nc(NCC3CCCCC3)nc(NC3CC4CCC3C4)n2)cc1)NCCOCCOCCOCCOC[C@H]1OC[C@H](Nc2nccc(C(F)(F)F)n2)[C@@H](O)[C@H]1O. The van der Waals surface area contributed by atoms with Crippen molar-refractivity contribution >= 4 is 53.4 Å². The highest BCUT2D eigenvalue weighted by Crippen LogP contribution is 2.45. The van der Waals surface area contributed by atoms with Gasteiger partial charge >= 0.3 is 12.4 Å². The van der Waals surface area contributed by atoms with Crippen LogP contribution in [0.3, 0.4) is 0 Å². The lowest BCUT2D eigenvalue weighted by atomic mass is 9.89. The molecule has 5 heterocycles. The highest BCUT2D eigenvalue weighted by Gasteiger charge is 2.43. The van der Waals surface area contributed by atoms with Gasteiger partial charge in [0.2, 0.25) is 47.5 Å². The topological polar surface area (TPSA) is 489 Å². The van der Waals surface area contributed by atoms with E-state index in [1.54, 1.807) is 12.1 Å². The second kappa shape index (κ2) is 56.4. The molecular weight excluding hydrogens is 1660 g/mol. The summed E-state index contributed by atoms with van der Waals surface area (Å²) in [6.07, 6.45) is -3.70. The molecule has 702 valence electrons. The van der Waals surface area contributed by atoms with E-state index in [1.807, 2.05) is 12.1 Å². The summed E-state index contributed by atoms with van der Waals surface area (Å²) >= 11 is 0. The van der Waals surface area contributed by atoms with Crippen LogP contribution in [0.1, 0.15) is 97.9 Å². The monoisotopic (exact) mass is 1790 g/mol. The second-order valence-electron chi connectivity index (χ2n) is 30.5. The Kier molecular flexibility index (Phi) is 45.5. The van der Waals surface area contributed by atoms with Gasteiger partial charge in [-0.2, -0.15) is 41.3 Å². The Morgan fingerprint density at radius 3 is 1.32 bits per heavy atom. The van der Waals surface area contributed by atoms with Crippen LogP contribution in [0.15, 0.2) is 48.8 Å². The van der Waals surface area contributed by atoms with Crippen molar-refractivity contribution in [3.8, 4) is 0 Å². The van der Waals surface area contributed by atoms with Crippen LogP contribution in [-0.4, -0.2) is 351 Å². The Morgan fingerprint density at radius 1 is 0.432 bits per heavy atom. The summed E-state index contributed by atoms with van der Waals surface area (Å²) in [5, 5.41) is 72.2. The molecule has 0 radical (unpaired) electrons. The smallest absolute Gasteiger partial charge is 0.388 e. The van der Waals surface area contributed by atoms with Crippen LogP contribution in [0.2, 0.25) is 0 Å². The number of hydrogen-bond acceptors (Lipinski definition) is 35. The number of aliphatic hydroxyl groups excluding tert-OH is 4. The number of aliphatic hydroxyl groups is 4. The van der Waals surface area contributed by atoms with Gasteiger partial charge in [-0.05, 0) is 79.7 Å². The van der Waals surface area contributed by atoms with Crippen molar-refractivity contribution < 1.29 is 132 Å². The Hall–Kier alpha value is -7.91. The second-order valence-corrected chi connectivity index (χ2v) is 30.5. The molecular formula is C80H123F6N17O22. The van der Waals surface area contributed by atoms with Gasteiger partial charge in [-0.15, -0.1) is 0 Å². The van der Waals surface area contributed by atoms with Crippen LogP contribution in [0.4, 0.5) is 56.1 Å². The molecule has 2 saturated heterocycles. The number of benzene rings is 1. The Morgan fingerprint density at radius 2 is 0.864 bits per heavy atom. The third-order valence-electron chi connectivity index (χ3n) is 21.0. The molecule has 4 amide bonds. The summed E-state index contributed by atoms with van der Waals surface area (Å²) < 4.78 is 157. The fraction of sp³-hybridized carbons (Fsp3) is 0.738. The summed E-state index contributed by atoms with van der Waals surface area (Å²) in [4.78, 5) is 79.8. The number of rotatable bonds is 63. The van der Waals surface area contributed by atoms with E-state index in [2.05, 4.69) is 73.1 Å². The third kappa shape index (κ3) is 38.9. The van der Waals surface area contributed by atoms with Gasteiger partial charge in [0.1, 0.15) is 48.0 Å². The zero-order chi connectivity index (χ0) is 88.7. The van der Waals surface area contributed by atoms with Crippen molar-refractivity contribution in [3.63, 3.8) is 0 Å². The average Bonchev–Trinajstić information content (AvgIpc) is 1.74. The molecule has 3 aliphatic carbocycles.